The van der Waals surface area contributed by atoms with Crippen molar-refractivity contribution in [3.8, 4) is 17.1 Å². The molecule has 2 aromatic carbocycles. The maximum absolute atomic E-state index is 12.6. The highest BCUT2D eigenvalue weighted by atomic mass is 32.2. The fraction of sp³-hybridized carbons (Fsp3) is 0.318. The summed E-state index contributed by atoms with van der Waals surface area (Å²) in [5, 5.41) is 9.47. The molecule has 0 atom stereocenters. The number of aromatic nitrogens is 3. The summed E-state index contributed by atoms with van der Waals surface area (Å²) in [6.45, 7) is 5.40. The van der Waals surface area contributed by atoms with E-state index in [9.17, 15) is 4.79 Å². The van der Waals surface area contributed by atoms with Gasteiger partial charge in [-0.1, -0.05) is 48.2 Å². The Morgan fingerprint density at radius 2 is 1.97 bits per heavy atom. The summed E-state index contributed by atoms with van der Waals surface area (Å²) in [6, 6.07) is 15.9. The number of rotatable bonds is 8. The lowest BCUT2D eigenvalue weighted by atomic mass is 10.1. The Morgan fingerprint density at radius 1 is 1.17 bits per heavy atom. The van der Waals surface area contributed by atoms with E-state index >= 15 is 0 Å². The second kappa shape index (κ2) is 9.60. The summed E-state index contributed by atoms with van der Waals surface area (Å²) >= 11 is 1.42. The summed E-state index contributed by atoms with van der Waals surface area (Å²) in [7, 11) is 3.45. The molecular formula is C22H26N4O2S. The number of methoxy groups -OCH3 is 1. The van der Waals surface area contributed by atoms with Crippen LogP contribution in [0.25, 0.3) is 11.4 Å². The molecule has 0 aliphatic rings. The Labute approximate surface area is 175 Å². The van der Waals surface area contributed by atoms with Crippen molar-refractivity contribution in [2.75, 3.05) is 19.9 Å². The van der Waals surface area contributed by atoms with Crippen LogP contribution in [0.1, 0.15) is 18.1 Å². The molecule has 1 amide bonds. The van der Waals surface area contributed by atoms with Crippen LogP contribution in [-0.4, -0.2) is 45.5 Å². The van der Waals surface area contributed by atoms with Crippen molar-refractivity contribution >= 4 is 17.7 Å². The molecule has 0 bridgehead atoms. The molecule has 3 rings (SSSR count). The third-order valence-corrected chi connectivity index (χ3v) is 5.67. The predicted molar refractivity (Wildman–Crippen MR) is 116 cm³/mol. The molecule has 0 spiro atoms. The standard InChI is InChI=1S/C22H26N4O2S/c1-5-26-21(19-12-7-6-9-16(19)2)23-24-22(26)29-15-20(27)25(3)14-17-10-8-11-18(13-17)28-4/h6-13H,5,14-15H2,1-4H3. The van der Waals surface area contributed by atoms with Crippen molar-refractivity contribution < 1.29 is 9.53 Å². The minimum absolute atomic E-state index is 0.0425. The number of ether oxygens (including phenoxy) is 1. The lowest BCUT2D eigenvalue weighted by Crippen LogP contribution is -2.27. The van der Waals surface area contributed by atoms with Gasteiger partial charge in [0.2, 0.25) is 5.91 Å². The van der Waals surface area contributed by atoms with Crippen LogP contribution >= 0.6 is 11.8 Å². The van der Waals surface area contributed by atoms with Crippen LogP contribution in [0.15, 0.2) is 53.7 Å². The average molecular weight is 411 g/mol. The molecule has 152 valence electrons. The number of carbonyl (C=O) groups is 1. The van der Waals surface area contributed by atoms with E-state index in [1.807, 2.05) is 49.5 Å². The molecule has 29 heavy (non-hydrogen) atoms. The normalized spacial score (nSPS) is 10.8. The first-order valence-electron chi connectivity index (χ1n) is 9.52. The molecule has 0 fully saturated rings. The highest BCUT2D eigenvalue weighted by molar-refractivity contribution is 7.99. The van der Waals surface area contributed by atoms with Crippen LogP contribution in [0.3, 0.4) is 0 Å². The summed E-state index contributed by atoms with van der Waals surface area (Å²) in [5.41, 5.74) is 3.25. The second-order valence-electron chi connectivity index (χ2n) is 6.76. The van der Waals surface area contributed by atoms with Crippen LogP contribution in [0.5, 0.6) is 5.75 Å². The van der Waals surface area contributed by atoms with E-state index in [0.717, 1.165) is 40.0 Å². The van der Waals surface area contributed by atoms with Gasteiger partial charge in [0.1, 0.15) is 5.75 Å². The van der Waals surface area contributed by atoms with Crippen LogP contribution in [0.2, 0.25) is 0 Å². The fourth-order valence-corrected chi connectivity index (χ4v) is 4.02. The van der Waals surface area contributed by atoms with Gasteiger partial charge in [-0.25, -0.2) is 0 Å². The Balaban J connectivity index is 1.66. The highest BCUT2D eigenvalue weighted by Crippen LogP contribution is 2.26. The van der Waals surface area contributed by atoms with E-state index < -0.39 is 0 Å². The van der Waals surface area contributed by atoms with Gasteiger partial charge in [0.05, 0.1) is 12.9 Å². The topological polar surface area (TPSA) is 60.2 Å². The Morgan fingerprint density at radius 3 is 2.69 bits per heavy atom. The first kappa shape index (κ1) is 20.9. The number of amides is 1. The van der Waals surface area contributed by atoms with E-state index in [1.165, 1.54) is 11.8 Å². The van der Waals surface area contributed by atoms with Gasteiger partial charge >= 0.3 is 0 Å². The Kier molecular flexibility index (Phi) is 6.93. The van der Waals surface area contributed by atoms with E-state index in [4.69, 9.17) is 4.74 Å². The van der Waals surface area contributed by atoms with Crippen molar-refractivity contribution in [1.29, 1.82) is 0 Å². The van der Waals surface area contributed by atoms with Gasteiger partial charge < -0.3 is 14.2 Å². The first-order chi connectivity index (χ1) is 14.0. The van der Waals surface area contributed by atoms with Gasteiger partial charge in [0.15, 0.2) is 11.0 Å². The molecular weight excluding hydrogens is 384 g/mol. The zero-order valence-electron chi connectivity index (χ0n) is 17.3. The van der Waals surface area contributed by atoms with E-state index in [1.54, 1.807) is 12.0 Å². The van der Waals surface area contributed by atoms with Crippen LogP contribution < -0.4 is 4.74 Å². The van der Waals surface area contributed by atoms with Gasteiger partial charge in [-0.15, -0.1) is 10.2 Å². The number of hydrogen-bond donors (Lipinski definition) is 0. The van der Waals surface area contributed by atoms with Crippen molar-refractivity contribution in [2.45, 2.75) is 32.1 Å². The van der Waals surface area contributed by atoms with Gasteiger partial charge in [-0.05, 0) is 37.1 Å². The second-order valence-corrected chi connectivity index (χ2v) is 7.70. The van der Waals surface area contributed by atoms with Crippen LogP contribution in [-0.2, 0) is 17.9 Å². The maximum atomic E-state index is 12.6. The molecule has 6 nitrogen and oxygen atoms in total. The summed E-state index contributed by atoms with van der Waals surface area (Å²) in [5.74, 6) is 1.98. The van der Waals surface area contributed by atoms with E-state index in [-0.39, 0.29) is 5.91 Å². The average Bonchev–Trinajstić information content (AvgIpc) is 3.15. The maximum Gasteiger partial charge on any atom is 0.233 e. The lowest BCUT2D eigenvalue weighted by molar-refractivity contribution is -0.127. The summed E-state index contributed by atoms with van der Waals surface area (Å²) < 4.78 is 7.31. The van der Waals surface area contributed by atoms with Crippen LogP contribution in [0.4, 0.5) is 0 Å². The first-order valence-corrected chi connectivity index (χ1v) is 10.5. The summed E-state index contributed by atoms with van der Waals surface area (Å²) in [4.78, 5) is 14.3. The lowest BCUT2D eigenvalue weighted by Gasteiger charge is -2.17. The highest BCUT2D eigenvalue weighted by Gasteiger charge is 2.17. The Bertz CT molecular complexity index is 986. The Hall–Kier alpha value is -2.80. The summed E-state index contributed by atoms with van der Waals surface area (Å²) in [6.07, 6.45) is 0. The molecule has 0 aliphatic heterocycles. The molecule has 3 aromatic rings. The molecule has 0 saturated heterocycles. The fourth-order valence-electron chi connectivity index (χ4n) is 3.07. The van der Waals surface area contributed by atoms with Gasteiger partial charge in [-0.2, -0.15) is 0 Å². The van der Waals surface area contributed by atoms with E-state index in [0.29, 0.717) is 12.3 Å². The van der Waals surface area contributed by atoms with Gasteiger partial charge in [0.25, 0.3) is 0 Å². The van der Waals surface area contributed by atoms with Crippen molar-refractivity contribution in [3.63, 3.8) is 0 Å². The number of nitrogens with zero attached hydrogens (tertiary/aromatic N) is 4. The third-order valence-electron chi connectivity index (χ3n) is 4.72. The van der Waals surface area contributed by atoms with Crippen molar-refractivity contribution in [1.82, 2.24) is 19.7 Å². The minimum atomic E-state index is 0.0425. The SMILES string of the molecule is CCn1c(SCC(=O)N(C)Cc2cccc(OC)c2)nnc1-c1ccccc1C. The number of hydrogen-bond acceptors (Lipinski definition) is 5. The van der Waals surface area contributed by atoms with Gasteiger partial charge in [-0.3, -0.25) is 4.79 Å². The molecule has 7 heteroatoms. The molecule has 1 aromatic heterocycles. The predicted octanol–water partition coefficient (Wildman–Crippen LogP) is 4.03. The zero-order valence-corrected chi connectivity index (χ0v) is 18.1. The van der Waals surface area contributed by atoms with Crippen LogP contribution in [0, 0.1) is 6.92 Å². The molecule has 0 N–H and O–H groups in total. The molecule has 0 aliphatic carbocycles. The smallest absolute Gasteiger partial charge is 0.233 e. The number of aryl methyl sites for hydroxylation is 1. The minimum Gasteiger partial charge on any atom is -0.497 e. The molecule has 0 radical (unpaired) electrons. The molecule has 0 saturated carbocycles. The van der Waals surface area contributed by atoms with E-state index in [2.05, 4.69) is 34.7 Å². The third kappa shape index (κ3) is 4.98. The van der Waals surface area contributed by atoms with Gasteiger partial charge in [0, 0.05) is 25.7 Å². The number of thioether (sulfide) groups is 1. The van der Waals surface area contributed by atoms with Crippen molar-refractivity contribution in [3.05, 3.63) is 59.7 Å². The molecule has 0 unspecified atom stereocenters. The zero-order chi connectivity index (χ0) is 20.8. The molecule has 1 heterocycles. The number of benzene rings is 2. The largest absolute Gasteiger partial charge is 0.497 e. The monoisotopic (exact) mass is 410 g/mol. The van der Waals surface area contributed by atoms with Crippen molar-refractivity contribution in [2.24, 2.45) is 0 Å². The quantitative estimate of drug-likeness (QED) is 0.525. The number of carbonyl (C=O) groups excluding carboxylic acids is 1.